The van der Waals surface area contributed by atoms with Gasteiger partial charge in [-0.25, -0.2) is 0 Å². The van der Waals surface area contributed by atoms with Crippen molar-refractivity contribution in [3.63, 3.8) is 0 Å². The molecule has 2 rings (SSSR count). The SMILES string of the molecule is O=C(CNCCN1CCCCC1)c1ccc(CN(CCO)CCO)cc1. The molecule has 1 heterocycles. The fourth-order valence-corrected chi connectivity index (χ4v) is 3.33. The summed E-state index contributed by atoms with van der Waals surface area (Å²) in [6.45, 7) is 6.45. The summed E-state index contributed by atoms with van der Waals surface area (Å²) in [5.41, 5.74) is 1.79. The molecule has 1 fully saturated rings. The van der Waals surface area contributed by atoms with Gasteiger partial charge in [-0.15, -0.1) is 0 Å². The molecule has 0 saturated carbocycles. The summed E-state index contributed by atoms with van der Waals surface area (Å²) >= 11 is 0. The van der Waals surface area contributed by atoms with Gasteiger partial charge in [0.2, 0.25) is 0 Å². The molecule has 0 radical (unpaired) electrons. The zero-order valence-corrected chi connectivity index (χ0v) is 15.7. The minimum Gasteiger partial charge on any atom is -0.395 e. The average molecular weight is 364 g/mol. The minimum absolute atomic E-state index is 0.0691. The van der Waals surface area contributed by atoms with E-state index < -0.39 is 0 Å². The van der Waals surface area contributed by atoms with Gasteiger partial charge < -0.3 is 20.4 Å². The number of hydrogen-bond donors (Lipinski definition) is 3. The molecule has 1 aliphatic heterocycles. The number of carbonyl (C=O) groups excluding carboxylic acids is 1. The second-order valence-electron chi connectivity index (χ2n) is 6.92. The Balaban J connectivity index is 1.71. The summed E-state index contributed by atoms with van der Waals surface area (Å²) in [6.07, 6.45) is 3.93. The Morgan fingerprint density at radius 1 is 1.04 bits per heavy atom. The van der Waals surface area contributed by atoms with E-state index in [1.165, 1.54) is 32.4 Å². The first-order valence-corrected chi connectivity index (χ1v) is 9.72. The van der Waals surface area contributed by atoms with Gasteiger partial charge in [-0.2, -0.15) is 0 Å². The molecular weight excluding hydrogens is 330 g/mol. The number of nitrogens with one attached hydrogen (secondary N) is 1. The Bertz CT molecular complexity index is 510. The number of piperidine rings is 1. The molecule has 146 valence electrons. The van der Waals surface area contributed by atoms with Crippen molar-refractivity contribution in [1.29, 1.82) is 0 Å². The molecule has 1 aromatic carbocycles. The molecule has 0 spiro atoms. The predicted octanol–water partition coefficient (Wildman–Crippen LogP) is 0.731. The van der Waals surface area contributed by atoms with Gasteiger partial charge in [0.1, 0.15) is 0 Å². The third kappa shape index (κ3) is 7.51. The third-order valence-corrected chi connectivity index (χ3v) is 4.85. The van der Waals surface area contributed by atoms with E-state index >= 15 is 0 Å². The molecule has 1 aliphatic rings. The first kappa shape index (κ1) is 21.0. The van der Waals surface area contributed by atoms with Gasteiger partial charge in [0.05, 0.1) is 19.8 Å². The Labute approximate surface area is 156 Å². The van der Waals surface area contributed by atoms with E-state index in [0.717, 1.165) is 24.2 Å². The van der Waals surface area contributed by atoms with Crippen molar-refractivity contribution in [1.82, 2.24) is 15.1 Å². The maximum atomic E-state index is 12.3. The lowest BCUT2D eigenvalue weighted by Crippen LogP contribution is -2.37. The molecule has 1 aromatic rings. The van der Waals surface area contributed by atoms with Gasteiger partial charge >= 0.3 is 0 Å². The molecule has 0 amide bonds. The van der Waals surface area contributed by atoms with Crippen molar-refractivity contribution in [2.75, 3.05) is 59.0 Å². The highest BCUT2D eigenvalue weighted by atomic mass is 16.3. The average Bonchev–Trinajstić information content (AvgIpc) is 2.67. The largest absolute Gasteiger partial charge is 0.395 e. The highest BCUT2D eigenvalue weighted by molar-refractivity contribution is 5.97. The van der Waals surface area contributed by atoms with Crippen molar-refractivity contribution >= 4 is 5.78 Å². The van der Waals surface area contributed by atoms with Gasteiger partial charge in [0.15, 0.2) is 5.78 Å². The number of aliphatic hydroxyl groups excluding tert-OH is 2. The first-order chi connectivity index (χ1) is 12.7. The van der Waals surface area contributed by atoms with Crippen LogP contribution in [0.15, 0.2) is 24.3 Å². The number of ketones is 1. The van der Waals surface area contributed by atoms with Crippen molar-refractivity contribution < 1.29 is 15.0 Å². The Hall–Kier alpha value is -1.31. The standard InChI is InChI=1S/C20H33N3O3/c24-14-12-23(13-15-25)17-18-4-6-19(7-5-18)20(26)16-21-8-11-22-9-2-1-3-10-22/h4-7,21,24-25H,1-3,8-17H2. The lowest BCUT2D eigenvalue weighted by atomic mass is 10.1. The van der Waals surface area contributed by atoms with Gasteiger partial charge in [0.25, 0.3) is 0 Å². The van der Waals surface area contributed by atoms with Crippen LogP contribution in [0.25, 0.3) is 0 Å². The summed E-state index contributed by atoms with van der Waals surface area (Å²) < 4.78 is 0. The molecule has 6 nitrogen and oxygen atoms in total. The van der Waals surface area contributed by atoms with E-state index in [0.29, 0.717) is 26.2 Å². The van der Waals surface area contributed by atoms with E-state index in [1.54, 1.807) is 0 Å². The maximum absolute atomic E-state index is 12.3. The number of nitrogens with zero attached hydrogens (tertiary/aromatic N) is 2. The summed E-state index contributed by atoms with van der Waals surface area (Å²) in [5.74, 6) is 0.109. The number of rotatable bonds is 12. The number of benzene rings is 1. The molecule has 0 bridgehead atoms. The predicted molar refractivity (Wildman–Crippen MR) is 103 cm³/mol. The van der Waals surface area contributed by atoms with Gasteiger partial charge in [0, 0.05) is 38.3 Å². The first-order valence-electron chi connectivity index (χ1n) is 9.72. The summed E-state index contributed by atoms with van der Waals surface area (Å²) in [6, 6.07) is 7.62. The van der Waals surface area contributed by atoms with Crippen LogP contribution >= 0.6 is 0 Å². The number of hydrogen-bond acceptors (Lipinski definition) is 6. The van der Waals surface area contributed by atoms with Crippen LogP contribution in [0.3, 0.4) is 0 Å². The van der Waals surface area contributed by atoms with Crippen molar-refractivity contribution in [2.45, 2.75) is 25.8 Å². The number of Topliss-reactive ketones (excluding diaryl/α,β-unsaturated/α-hetero) is 1. The zero-order chi connectivity index (χ0) is 18.6. The maximum Gasteiger partial charge on any atom is 0.176 e. The van der Waals surface area contributed by atoms with Crippen molar-refractivity contribution in [2.24, 2.45) is 0 Å². The number of likely N-dealkylation sites (tertiary alicyclic amines) is 1. The molecule has 0 aliphatic carbocycles. The van der Waals surface area contributed by atoms with Crippen LogP contribution in [0, 0.1) is 0 Å². The molecular formula is C20H33N3O3. The molecule has 26 heavy (non-hydrogen) atoms. The fourth-order valence-electron chi connectivity index (χ4n) is 3.33. The fraction of sp³-hybridized carbons (Fsp3) is 0.650. The third-order valence-electron chi connectivity index (χ3n) is 4.85. The highest BCUT2D eigenvalue weighted by Crippen LogP contribution is 2.09. The highest BCUT2D eigenvalue weighted by Gasteiger charge is 2.10. The van der Waals surface area contributed by atoms with Crippen LogP contribution in [0.2, 0.25) is 0 Å². The summed E-state index contributed by atoms with van der Waals surface area (Å²) in [5, 5.41) is 21.4. The monoisotopic (exact) mass is 363 g/mol. The van der Waals surface area contributed by atoms with Gasteiger partial charge in [-0.05, 0) is 31.5 Å². The molecule has 0 unspecified atom stereocenters. The zero-order valence-electron chi connectivity index (χ0n) is 15.7. The molecule has 6 heteroatoms. The van der Waals surface area contributed by atoms with E-state index in [1.807, 2.05) is 29.2 Å². The second-order valence-corrected chi connectivity index (χ2v) is 6.92. The van der Waals surface area contributed by atoms with Crippen LogP contribution in [-0.4, -0.2) is 84.8 Å². The molecule has 0 aromatic heterocycles. The lowest BCUT2D eigenvalue weighted by molar-refractivity contribution is 0.0989. The molecule has 1 saturated heterocycles. The Kier molecular flexibility index (Phi) is 9.81. The van der Waals surface area contributed by atoms with E-state index in [4.69, 9.17) is 10.2 Å². The van der Waals surface area contributed by atoms with Crippen molar-refractivity contribution in [3.8, 4) is 0 Å². The van der Waals surface area contributed by atoms with E-state index in [-0.39, 0.29) is 19.0 Å². The van der Waals surface area contributed by atoms with Crippen LogP contribution in [0.5, 0.6) is 0 Å². The van der Waals surface area contributed by atoms with Crippen LogP contribution in [0.4, 0.5) is 0 Å². The Morgan fingerprint density at radius 2 is 1.69 bits per heavy atom. The number of carbonyl (C=O) groups is 1. The quantitative estimate of drug-likeness (QED) is 0.376. The van der Waals surface area contributed by atoms with Gasteiger partial charge in [-0.3, -0.25) is 9.69 Å². The van der Waals surface area contributed by atoms with Crippen molar-refractivity contribution in [3.05, 3.63) is 35.4 Å². The van der Waals surface area contributed by atoms with Gasteiger partial charge in [-0.1, -0.05) is 30.7 Å². The number of aliphatic hydroxyl groups is 2. The molecule has 0 atom stereocenters. The lowest BCUT2D eigenvalue weighted by Gasteiger charge is -2.26. The normalized spacial score (nSPS) is 15.5. The second kappa shape index (κ2) is 12.1. The topological polar surface area (TPSA) is 76.0 Å². The van der Waals surface area contributed by atoms with Crippen LogP contribution in [0.1, 0.15) is 35.2 Å². The van der Waals surface area contributed by atoms with Crippen LogP contribution < -0.4 is 5.32 Å². The molecule has 3 N–H and O–H groups in total. The smallest absolute Gasteiger partial charge is 0.176 e. The summed E-state index contributed by atoms with van der Waals surface area (Å²) in [7, 11) is 0. The minimum atomic E-state index is 0.0691. The summed E-state index contributed by atoms with van der Waals surface area (Å²) in [4.78, 5) is 16.7. The Morgan fingerprint density at radius 3 is 2.31 bits per heavy atom. The van der Waals surface area contributed by atoms with Crippen LogP contribution in [-0.2, 0) is 6.54 Å². The van der Waals surface area contributed by atoms with E-state index in [9.17, 15) is 4.79 Å². The van der Waals surface area contributed by atoms with E-state index in [2.05, 4.69) is 10.2 Å².